The number of anilines is 2. The Morgan fingerprint density at radius 2 is 1.94 bits per heavy atom. The Morgan fingerprint density at radius 1 is 1.19 bits per heavy atom. The number of aryl methyl sites for hydroxylation is 1. The number of non-ortho nitro benzene ring substituents is 1. The third kappa shape index (κ3) is 5.23. The lowest BCUT2D eigenvalue weighted by atomic mass is 9.76. The fourth-order valence-electron chi connectivity index (χ4n) is 5.15. The van der Waals surface area contributed by atoms with Gasteiger partial charge in [-0.3, -0.25) is 15.2 Å². The van der Waals surface area contributed by atoms with Crippen molar-refractivity contribution in [2.45, 2.75) is 48.1 Å². The fraction of sp³-hybridized carbons (Fsp3) is 0.480. The summed E-state index contributed by atoms with van der Waals surface area (Å²) >= 11 is 1.43. The molecule has 0 radical (unpaired) electrons. The van der Waals surface area contributed by atoms with E-state index in [1.807, 2.05) is 13.0 Å². The Balaban J connectivity index is 1.44. The minimum atomic E-state index is -0.386. The lowest BCUT2D eigenvalue weighted by Crippen LogP contribution is -2.44. The number of nitro benzene ring substituents is 1. The van der Waals surface area contributed by atoms with Crippen molar-refractivity contribution >= 4 is 29.1 Å². The molecule has 2 aromatic heterocycles. The number of aromatic nitrogens is 4. The first kappa shape index (κ1) is 24.7. The zero-order valence-corrected chi connectivity index (χ0v) is 21.8. The maximum Gasteiger partial charge on any atom is 0.269 e. The molecule has 2 N–H and O–H groups in total. The number of nitro groups is 1. The van der Waals surface area contributed by atoms with Crippen LogP contribution in [0.5, 0.6) is 0 Å². The van der Waals surface area contributed by atoms with Crippen LogP contribution in [0.1, 0.15) is 36.2 Å². The zero-order valence-electron chi connectivity index (χ0n) is 21.0. The van der Waals surface area contributed by atoms with Crippen molar-refractivity contribution in [2.75, 3.05) is 45.6 Å². The molecule has 2 aliphatic rings. The van der Waals surface area contributed by atoms with Gasteiger partial charge in [-0.1, -0.05) is 0 Å². The van der Waals surface area contributed by atoms with E-state index in [1.165, 1.54) is 29.5 Å². The molecule has 0 amide bonds. The molecule has 36 heavy (non-hydrogen) atoms. The van der Waals surface area contributed by atoms with Gasteiger partial charge < -0.3 is 15.1 Å². The second-order valence-electron chi connectivity index (χ2n) is 10.0. The van der Waals surface area contributed by atoms with Gasteiger partial charge >= 0.3 is 0 Å². The third-order valence-electron chi connectivity index (χ3n) is 7.23. The minimum absolute atomic E-state index is 0.0651. The van der Waals surface area contributed by atoms with Gasteiger partial charge in [-0.15, -0.1) is 0 Å². The average molecular weight is 509 g/mol. The summed E-state index contributed by atoms with van der Waals surface area (Å²) in [6.45, 7) is 6.27. The second-order valence-corrected chi connectivity index (χ2v) is 11.1. The number of hydrogen-bond donors (Lipinski definition) is 2. The highest BCUT2D eigenvalue weighted by molar-refractivity contribution is 7.99. The normalized spacial score (nSPS) is 17.0. The number of hydrogen-bond acceptors (Lipinski definition) is 9. The summed E-state index contributed by atoms with van der Waals surface area (Å²) in [6.07, 6.45) is 4.21. The number of fused-ring (bicyclic) bond motifs is 2. The van der Waals surface area contributed by atoms with Crippen LogP contribution in [0.4, 0.5) is 17.3 Å². The Kier molecular flexibility index (Phi) is 6.96. The molecule has 1 fully saturated rings. The molecule has 10 nitrogen and oxygen atoms in total. The molecule has 3 aromatic rings. The summed E-state index contributed by atoms with van der Waals surface area (Å²) in [5.41, 5.74) is 3.46. The molecule has 1 saturated heterocycles. The first-order valence-electron chi connectivity index (χ1n) is 12.3. The van der Waals surface area contributed by atoms with Crippen LogP contribution >= 0.6 is 11.8 Å². The predicted octanol–water partition coefficient (Wildman–Crippen LogP) is 4.15. The van der Waals surface area contributed by atoms with Crippen molar-refractivity contribution in [3.8, 4) is 0 Å². The van der Waals surface area contributed by atoms with Crippen LogP contribution in [0.25, 0.3) is 0 Å². The number of piperidine rings is 1. The van der Waals surface area contributed by atoms with Gasteiger partial charge in [0.1, 0.15) is 5.82 Å². The molecule has 0 unspecified atom stereocenters. The molecule has 5 rings (SSSR count). The Labute approximate surface area is 215 Å². The summed E-state index contributed by atoms with van der Waals surface area (Å²) in [5.74, 6) is 1.54. The Bertz CT molecular complexity index is 1240. The van der Waals surface area contributed by atoms with Crippen LogP contribution in [0.15, 0.2) is 40.4 Å². The van der Waals surface area contributed by atoms with E-state index in [4.69, 9.17) is 9.97 Å². The highest BCUT2D eigenvalue weighted by atomic mass is 32.2. The summed E-state index contributed by atoms with van der Waals surface area (Å²) in [5, 5.41) is 22.4. The lowest BCUT2D eigenvalue weighted by molar-refractivity contribution is -0.384. The SMILES string of the molecule is Cc1cc(Nc2nc(Sc3ccc([N+](=O)[O-])cc3)nc3c2CCC32CCN(CCN(C)C)CC2)n[nH]1. The molecular formula is C25H32N8O2S. The van der Waals surface area contributed by atoms with E-state index < -0.39 is 0 Å². The van der Waals surface area contributed by atoms with Crippen molar-refractivity contribution in [2.24, 2.45) is 0 Å². The van der Waals surface area contributed by atoms with Crippen molar-refractivity contribution in [3.63, 3.8) is 0 Å². The number of H-pyrrole nitrogens is 1. The van der Waals surface area contributed by atoms with Gasteiger partial charge in [0.15, 0.2) is 11.0 Å². The molecule has 1 aliphatic heterocycles. The molecule has 0 atom stereocenters. The maximum absolute atomic E-state index is 11.0. The molecule has 1 spiro atoms. The molecule has 0 bridgehead atoms. The summed E-state index contributed by atoms with van der Waals surface area (Å²) in [7, 11) is 4.24. The van der Waals surface area contributed by atoms with E-state index in [2.05, 4.69) is 39.4 Å². The first-order valence-corrected chi connectivity index (χ1v) is 13.1. The molecule has 1 aromatic carbocycles. The van der Waals surface area contributed by atoms with Gasteiger partial charge in [0.2, 0.25) is 0 Å². The number of likely N-dealkylation sites (N-methyl/N-ethyl adjacent to an activating group) is 1. The van der Waals surface area contributed by atoms with Gasteiger partial charge in [-0.2, -0.15) is 5.10 Å². The Morgan fingerprint density at radius 3 is 2.58 bits per heavy atom. The second kappa shape index (κ2) is 10.2. The topological polar surface area (TPSA) is 116 Å². The van der Waals surface area contributed by atoms with Crippen LogP contribution in [-0.2, 0) is 11.8 Å². The number of aromatic amines is 1. The van der Waals surface area contributed by atoms with E-state index in [0.29, 0.717) is 5.16 Å². The van der Waals surface area contributed by atoms with Crippen LogP contribution in [-0.4, -0.2) is 75.2 Å². The first-order chi connectivity index (χ1) is 17.3. The smallest absolute Gasteiger partial charge is 0.269 e. The highest BCUT2D eigenvalue weighted by Crippen LogP contribution is 2.48. The highest BCUT2D eigenvalue weighted by Gasteiger charge is 2.44. The minimum Gasteiger partial charge on any atom is -0.323 e. The zero-order chi connectivity index (χ0) is 25.3. The van der Waals surface area contributed by atoms with Crippen molar-refractivity contribution in [3.05, 3.63) is 57.4 Å². The quantitative estimate of drug-likeness (QED) is 0.263. The summed E-state index contributed by atoms with van der Waals surface area (Å²) < 4.78 is 0. The van der Waals surface area contributed by atoms with Gasteiger partial charge in [0.05, 0.1) is 10.6 Å². The predicted molar refractivity (Wildman–Crippen MR) is 140 cm³/mol. The van der Waals surface area contributed by atoms with Crippen molar-refractivity contribution in [1.29, 1.82) is 0 Å². The van der Waals surface area contributed by atoms with Crippen LogP contribution < -0.4 is 5.32 Å². The monoisotopic (exact) mass is 508 g/mol. The molecular weight excluding hydrogens is 476 g/mol. The van der Waals surface area contributed by atoms with Crippen LogP contribution in [0, 0.1) is 17.0 Å². The third-order valence-corrected chi connectivity index (χ3v) is 8.10. The van der Waals surface area contributed by atoms with Crippen LogP contribution in [0.3, 0.4) is 0 Å². The van der Waals surface area contributed by atoms with E-state index in [0.717, 1.165) is 79.8 Å². The molecule has 0 saturated carbocycles. The fourth-order valence-corrected chi connectivity index (χ4v) is 5.91. The van der Waals surface area contributed by atoms with Gasteiger partial charge in [0.25, 0.3) is 5.69 Å². The van der Waals surface area contributed by atoms with Gasteiger partial charge in [-0.05, 0) is 83.7 Å². The van der Waals surface area contributed by atoms with E-state index in [1.54, 1.807) is 12.1 Å². The standard InChI is InChI=1S/C25H32N8O2S/c1-17-16-21(30-29-17)26-23-20-8-9-25(10-12-32(13-11-25)15-14-31(2)3)22(20)27-24(28-23)36-19-6-4-18(5-7-19)33(34)35/h4-7,16H,8-15H2,1-3H3,(H2,26,27,28,29,30). The number of rotatable bonds is 8. The van der Waals surface area contributed by atoms with Crippen LogP contribution in [0.2, 0.25) is 0 Å². The van der Waals surface area contributed by atoms with Crippen molar-refractivity contribution < 1.29 is 4.92 Å². The average Bonchev–Trinajstić information content (AvgIpc) is 3.42. The number of benzene rings is 1. The number of likely N-dealkylation sites (tertiary alicyclic amines) is 1. The summed E-state index contributed by atoms with van der Waals surface area (Å²) in [6, 6.07) is 8.51. The summed E-state index contributed by atoms with van der Waals surface area (Å²) in [4.78, 5) is 26.3. The van der Waals surface area contributed by atoms with E-state index in [-0.39, 0.29) is 16.0 Å². The molecule has 11 heteroatoms. The van der Waals surface area contributed by atoms with Gasteiger partial charge in [-0.25, -0.2) is 9.97 Å². The van der Waals surface area contributed by atoms with E-state index in [9.17, 15) is 10.1 Å². The molecule has 1 aliphatic carbocycles. The van der Waals surface area contributed by atoms with E-state index >= 15 is 0 Å². The van der Waals surface area contributed by atoms with Gasteiger partial charge in [0, 0.05) is 52.9 Å². The lowest BCUT2D eigenvalue weighted by Gasteiger charge is -2.39. The number of nitrogens with one attached hydrogen (secondary N) is 2. The molecule has 3 heterocycles. The van der Waals surface area contributed by atoms with Crippen molar-refractivity contribution in [1.82, 2.24) is 30.0 Å². The maximum atomic E-state index is 11.0. The molecule has 190 valence electrons. The Hall–Kier alpha value is -3.02. The number of nitrogens with zero attached hydrogens (tertiary/aromatic N) is 6. The largest absolute Gasteiger partial charge is 0.323 e.